The molecule has 0 spiro atoms. The summed E-state index contributed by atoms with van der Waals surface area (Å²) in [5.41, 5.74) is 0.574. The highest BCUT2D eigenvalue weighted by molar-refractivity contribution is 5.93. The Hall–Kier alpha value is -2.15. The number of aliphatic imine (C=N–C) groups is 1. The van der Waals surface area contributed by atoms with E-state index >= 15 is 0 Å². The second-order valence-electron chi connectivity index (χ2n) is 6.78. The maximum absolute atomic E-state index is 12.0. The van der Waals surface area contributed by atoms with E-state index in [1.54, 1.807) is 24.5 Å². The zero-order chi connectivity index (χ0) is 19.3. The van der Waals surface area contributed by atoms with Crippen LogP contribution in [0.4, 0.5) is 0 Å². The Morgan fingerprint density at radius 2 is 2.11 bits per heavy atom. The van der Waals surface area contributed by atoms with Crippen molar-refractivity contribution < 1.29 is 4.79 Å². The number of hydrogen-bond acceptors (Lipinski definition) is 4. The minimum absolute atomic E-state index is 0.109. The summed E-state index contributed by atoms with van der Waals surface area (Å²) in [5, 5.41) is 9.43. The van der Waals surface area contributed by atoms with Gasteiger partial charge >= 0.3 is 0 Å². The number of nitrogens with one attached hydrogen (secondary N) is 3. The molecule has 7 heteroatoms. The lowest BCUT2D eigenvalue weighted by molar-refractivity contribution is 0.0954. The Morgan fingerprint density at radius 3 is 2.85 bits per heavy atom. The molecule has 3 N–H and O–H groups in total. The lowest BCUT2D eigenvalue weighted by atomic mass is 10.0. The summed E-state index contributed by atoms with van der Waals surface area (Å²) in [6.45, 7) is 9.28. The van der Waals surface area contributed by atoms with E-state index in [9.17, 15) is 4.79 Å². The molecule has 1 aliphatic heterocycles. The maximum Gasteiger partial charge on any atom is 0.252 e. The van der Waals surface area contributed by atoms with Gasteiger partial charge in [-0.25, -0.2) is 0 Å². The molecule has 1 unspecified atom stereocenters. The van der Waals surface area contributed by atoms with Crippen molar-refractivity contribution >= 4 is 11.9 Å². The number of carbonyl (C=O) groups is 1. The predicted molar refractivity (Wildman–Crippen MR) is 110 cm³/mol. The van der Waals surface area contributed by atoms with Crippen LogP contribution in [0.5, 0.6) is 0 Å². The molecular weight excluding hydrogens is 340 g/mol. The van der Waals surface area contributed by atoms with Crippen LogP contribution in [0, 0.1) is 0 Å². The summed E-state index contributed by atoms with van der Waals surface area (Å²) in [6.07, 6.45) is 8.42. The van der Waals surface area contributed by atoms with Crippen molar-refractivity contribution in [3.63, 3.8) is 0 Å². The third kappa shape index (κ3) is 7.54. The van der Waals surface area contributed by atoms with Gasteiger partial charge < -0.3 is 16.0 Å². The fraction of sp³-hybridized carbons (Fsp3) is 0.650. The molecule has 1 aromatic rings. The number of aromatic nitrogens is 1. The first kappa shape index (κ1) is 21.2. The number of pyridine rings is 1. The van der Waals surface area contributed by atoms with Gasteiger partial charge in [0.15, 0.2) is 5.96 Å². The molecule has 0 bridgehead atoms. The summed E-state index contributed by atoms with van der Waals surface area (Å²) in [5.74, 6) is 0.695. The minimum Gasteiger partial charge on any atom is -0.357 e. The number of hydrogen-bond donors (Lipinski definition) is 3. The molecule has 7 nitrogen and oxygen atoms in total. The number of likely N-dealkylation sites (tertiary alicyclic amines) is 1. The highest BCUT2D eigenvalue weighted by Gasteiger charge is 2.19. The summed E-state index contributed by atoms with van der Waals surface area (Å²) >= 11 is 0. The second kappa shape index (κ2) is 12.3. The molecule has 1 fully saturated rings. The van der Waals surface area contributed by atoms with E-state index in [1.165, 1.54) is 32.2 Å². The third-order valence-electron chi connectivity index (χ3n) is 4.85. The lowest BCUT2D eigenvalue weighted by Crippen LogP contribution is -2.43. The molecule has 0 radical (unpaired) electrons. The molecule has 0 aliphatic carbocycles. The Kier molecular flexibility index (Phi) is 9.62. The molecule has 1 aliphatic rings. The molecule has 1 saturated heterocycles. The second-order valence-corrected chi connectivity index (χ2v) is 6.78. The molecule has 2 rings (SSSR count). The van der Waals surface area contributed by atoms with Crippen LogP contribution < -0.4 is 16.0 Å². The zero-order valence-corrected chi connectivity index (χ0v) is 16.7. The largest absolute Gasteiger partial charge is 0.357 e. The van der Waals surface area contributed by atoms with Crippen molar-refractivity contribution in [3.8, 4) is 0 Å². The van der Waals surface area contributed by atoms with Gasteiger partial charge in [0.25, 0.3) is 5.91 Å². The van der Waals surface area contributed by atoms with Crippen molar-refractivity contribution in [2.75, 3.05) is 39.3 Å². The molecule has 0 saturated carbocycles. The van der Waals surface area contributed by atoms with Crippen LogP contribution in [0.1, 0.15) is 49.9 Å². The van der Waals surface area contributed by atoms with Gasteiger partial charge in [0.2, 0.25) is 0 Å². The van der Waals surface area contributed by atoms with E-state index in [2.05, 4.69) is 44.7 Å². The fourth-order valence-electron chi connectivity index (χ4n) is 3.40. The first-order valence-corrected chi connectivity index (χ1v) is 10.2. The number of rotatable bonds is 9. The van der Waals surface area contributed by atoms with Gasteiger partial charge in [-0.05, 0) is 44.9 Å². The van der Waals surface area contributed by atoms with Gasteiger partial charge in [-0.2, -0.15) is 0 Å². The smallest absolute Gasteiger partial charge is 0.252 e. The van der Waals surface area contributed by atoms with Crippen LogP contribution in [0.25, 0.3) is 0 Å². The van der Waals surface area contributed by atoms with Crippen molar-refractivity contribution in [2.24, 2.45) is 4.99 Å². The summed E-state index contributed by atoms with van der Waals surface area (Å²) in [6, 6.07) is 4.23. The van der Waals surface area contributed by atoms with E-state index in [4.69, 9.17) is 0 Å². The zero-order valence-electron chi connectivity index (χ0n) is 16.7. The van der Waals surface area contributed by atoms with Gasteiger partial charge in [-0.15, -0.1) is 0 Å². The van der Waals surface area contributed by atoms with Crippen LogP contribution in [0.3, 0.4) is 0 Å². The quantitative estimate of drug-likeness (QED) is 0.348. The van der Waals surface area contributed by atoms with Gasteiger partial charge in [0.1, 0.15) is 0 Å². The van der Waals surface area contributed by atoms with E-state index in [0.717, 1.165) is 25.6 Å². The highest BCUT2D eigenvalue weighted by atomic mass is 16.1. The van der Waals surface area contributed by atoms with Crippen molar-refractivity contribution in [1.82, 2.24) is 25.8 Å². The Bertz CT molecular complexity index is 577. The molecule has 150 valence electrons. The average molecular weight is 375 g/mol. The van der Waals surface area contributed by atoms with Crippen LogP contribution in [-0.2, 0) is 0 Å². The van der Waals surface area contributed by atoms with Crippen LogP contribution in [-0.4, -0.2) is 67.1 Å². The van der Waals surface area contributed by atoms with Gasteiger partial charge in [0.05, 0.1) is 12.1 Å². The van der Waals surface area contributed by atoms with E-state index in [1.807, 2.05) is 0 Å². The standard InChI is InChI=1S/C20H34N6O/c1-3-18-9-5-6-14-26(18)15-13-25-20(22-4-2)24-12-11-23-19(27)17-8-7-10-21-16-17/h7-8,10,16,18H,3-6,9,11-15H2,1-2H3,(H,23,27)(H2,22,24,25). The molecule has 27 heavy (non-hydrogen) atoms. The summed E-state index contributed by atoms with van der Waals surface area (Å²) in [4.78, 5) is 23.2. The first-order chi connectivity index (χ1) is 13.2. The fourth-order valence-corrected chi connectivity index (χ4v) is 3.40. The van der Waals surface area contributed by atoms with Crippen molar-refractivity contribution in [1.29, 1.82) is 0 Å². The lowest BCUT2D eigenvalue weighted by Gasteiger charge is -2.34. The number of carbonyl (C=O) groups excluding carboxylic acids is 1. The van der Waals surface area contributed by atoms with E-state index in [-0.39, 0.29) is 5.91 Å². The predicted octanol–water partition coefficient (Wildman–Crippen LogP) is 1.63. The van der Waals surface area contributed by atoms with Crippen molar-refractivity contribution in [2.45, 2.75) is 45.6 Å². The molecule has 1 amide bonds. The summed E-state index contributed by atoms with van der Waals surface area (Å²) < 4.78 is 0. The Balaban J connectivity index is 1.70. The highest BCUT2D eigenvalue weighted by Crippen LogP contribution is 2.18. The van der Waals surface area contributed by atoms with E-state index in [0.29, 0.717) is 24.7 Å². The first-order valence-electron chi connectivity index (χ1n) is 10.2. The molecule has 2 heterocycles. The molecule has 1 aromatic heterocycles. The topological polar surface area (TPSA) is 81.7 Å². The van der Waals surface area contributed by atoms with Crippen LogP contribution in [0.15, 0.2) is 29.5 Å². The Labute approximate surface area is 163 Å². The average Bonchev–Trinajstić information content (AvgIpc) is 2.72. The third-order valence-corrected chi connectivity index (χ3v) is 4.85. The van der Waals surface area contributed by atoms with Gasteiger partial charge in [-0.3, -0.25) is 19.7 Å². The SMILES string of the molecule is CCNC(=NCCN1CCCCC1CC)NCCNC(=O)c1cccnc1. The van der Waals surface area contributed by atoms with Gasteiger partial charge in [0, 0.05) is 44.6 Å². The summed E-state index contributed by atoms with van der Waals surface area (Å²) in [7, 11) is 0. The van der Waals surface area contributed by atoms with Gasteiger partial charge in [-0.1, -0.05) is 13.3 Å². The maximum atomic E-state index is 12.0. The molecular formula is C20H34N6O. The number of guanidine groups is 1. The minimum atomic E-state index is -0.109. The van der Waals surface area contributed by atoms with Crippen LogP contribution >= 0.6 is 0 Å². The number of amides is 1. The molecule has 0 aromatic carbocycles. The monoisotopic (exact) mass is 374 g/mol. The van der Waals surface area contributed by atoms with Crippen LogP contribution in [0.2, 0.25) is 0 Å². The number of nitrogens with zero attached hydrogens (tertiary/aromatic N) is 3. The number of piperidine rings is 1. The normalized spacial score (nSPS) is 18.1. The Morgan fingerprint density at radius 1 is 1.26 bits per heavy atom. The molecule has 1 atom stereocenters. The van der Waals surface area contributed by atoms with E-state index < -0.39 is 0 Å². The van der Waals surface area contributed by atoms with Crippen molar-refractivity contribution in [3.05, 3.63) is 30.1 Å².